The molecular weight excluding hydrogens is 444 g/mol. The Balaban J connectivity index is 1.18. The molecule has 1 aromatic rings. The number of nitrogens with zero attached hydrogens (tertiary/aromatic N) is 3. The van der Waals surface area contributed by atoms with Gasteiger partial charge in [-0.15, -0.1) is 0 Å². The van der Waals surface area contributed by atoms with E-state index in [9.17, 15) is 13.2 Å². The lowest BCUT2D eigenvalue weighted by Crippen LogP contribution is -2.45. The van der Waals surface area contributed by atoms with Gasteiger partial charge in [-0.1, -0.05) is 0 Å². The fourth-order valence-electron chi connectivity index (χ4n) is 4.58. The molecule has 184 valence electrons. The van der Waals surface area contributed by atoms with Crippen LogP contribution in [-0.2, 0) is 14.8 Å². The lowest BCUT2D eigenvalue weighted by atomic mass is 9.97. The number of piperazine rings is 1. The molecule has 0 aliphatic carbocycles. The van der Waals surface area contributed by atoms with Crippen LogP contribution in [0.2, 0.25) is 0 Å². The Morgan fingerprint density at radius 1 is 1.00 bits per heavy atom. The number of sulfonamides is 1. The molecule has 3 aliphatic rings. The Morgan fingerprint density at radius 3 is 2.42 bits per heavy atom. The topological polar surface area (TPSA) is 91.4 Å². The monoisotopic (exact) mass is 480 g/mol. The van der Waals surface area contributed by atoms with Gasteiger partial charge < -0.3 is 24.6 Å². The van der Waals surface area contributed by atoms with E-state index in [4.69, 9.17) is 9.47 Å². The van der Waals surface area contributed by atoms with E-state index in [2.05, 4.69) is 22.2 Å². The van der Waals surface area contributed by atoms with E-state index in [0.717, 1.165) is 45.6 Å². The molecule has 2 saturated heterocycles. The Bertz CT molecular complexity index is 909. The van der Waals surface area contributed by atoms with Crippen molar-refractivity contribution in [3.05, 3.63) is 18.2 Å². The summed E-state index contributed by atoms with van der Waals surface area (Å²) in [7, 11) is -1.47. The average molecular weight is 481 g/mol. The summed E-state index contributed by atoms with van der Waals surface area (Å²) in [5.41, 5.74) is 0. The van der Waals surface area contributed by atoms with Crippen molar-refractivity contribution in [3.8, 4) is 11.5 Å². The number of nitrogens with one attached hydrogen (secondary N) is 1. The maximum atomic E-state index is 13.1. The number of unbranched alkanes of at least 4 members (excludes halogenated alkanes) is 1. The van der Waals surface area contributed by atoms with Gasteiger partial charge in [0.15, 0.2) is 11.5 Å². The second-order valence-electron chi connectivity index (χ2n) is 9.13. The molecule has 4 rings (SSSR count). The van der Waals surface area contributed by atoms with E-state index in [0.29, 0.717) is 57.2 Å². The van der Waals surface area contributed by atoms with Gasteiger partial charge >= 0.3 is 0 Å². The van der Waals surface area contributed by atoms with Crippen molar-refractivity contribution < 1.29 is 22.7 Å². The predicted octanol–water partition coefficient (Wildman–Crippen LogP) is 1.00. The normalized spacial score (nSPS) is 21.1. The minimum absolute atomic E-state index is 0.0472. The summed E-state index contributed by atoms with van der Waals surface area (Å²) in [4.78, 5) is 17.6. The van der Waals surface area contributed by atoms with Crippen LogP contribution in [0.4, 0.5) is 0 Å². The third kappa shape index (κ3) is 6.17. The van der Waals surface area contributed by atoms with E-state index < -0.39 is 10.0 Å². The number of ether oxygens (including phenoxy) is 2. The van der Waals surface area contributed by atoms with Crippen LogP contribution in [0.3, 0.4) is 0 Å². The Hall–Kier alpha value is -1.88. The molecule has 0 spiro atoms. The van der Waals surface area contributed by atoms with Gasteiger partial charge in [-0.05, 0) is 51.4 Å². The summed E-state index contributed by atoms with van der Waals surface area (Å²) in [6, 6.07) is 4.74. The van der Waals surface area contributed by atoms with Crippen molar-refractivity contribution in [2.45, 2.75) is 30.6 Å². The fourth-order valence-corrected chi connectivity index (χ4v) is 6.07. The highest BCUT2D eigenvalue weighted by Crippen LogP contribution is 2.34. The van der Waals surface area contributed by atoms with Gasteiger partial charge in [-0.3, -0.25) is 4.79 Å². The number of hydrogen-bond acceptors (Lipinski definition) is 7. The van der Waals surface area contributed by atoms with Crippen LogP contribution >= 0.6 is 0 Å². The quantitative estimate of drug-likeness (QED) is 0.555. The molecule has 1 aromatic carbocycles. The van der Waals surface area contributed by atoms with Crippen LogP contribution in [0.5, 0.6) is 11.5 Å². The molecule has 2 fully saturated rings. The third-order valence-electron chi connectivity index (χ3n) is 6.77. The molecule has 9 nitrogen and oxygen atoms in total. The number of likely N-dealkylation sites (N-methyl/N-ethyl adjacent to an activating group) is 1. The molecule has 0 radical (unpaired) electrons. The first-order valence-corrected chi connectivity index (χ1v) is 13.5. The number of carbonyl (C=O) groups excluding carboxylic acids is 1. The Kier molecular flexibility index (Phi) is 8.11. The molecule has 10 heteroatoms. The van der Waals surface area contributed by atoms with Crippen molar-refractivity contribution in [2.75, 3.05) is 72.6 Å². The maximum Gasteiger partial charge on any atom is 0.243 e. The van der Waals surface area contributed by atoms with E-state index in [1.165, 1.54) is 10.4 Å². The van der Waals surface area contributed by atoms with Crippen LogP contribution in [-0.4, -0.2) is 101 Å². The smallest absolute Gasteiger partial charge is 0.243 e. The molecule has 0 bridgehead atoms. The molecule has 3 heterocycles. The molecule has 1 amide bonds. The standard InChI is InChI=1S/C23H36N4O5S/c1-25-12-14-26(15-13-25)9-3-2-8-24-23(28)19-6-10-27(11-7-19)33(29,30)20-4-5-21-22(18-20)32-17-16-31-21/h4-5,18-19H,2-3,6-17H2,1H3,(H,24,28). The van der Waals surface area contributed by atoms with Gasteiger partial charge in [0.2, 0.25) is 15.9 Å². The first-order chi connectivity index (χ1) is 15.9. The summed E-state index contributed by atoms with van der Waals surface area (Å²) >= 11 is 0. The zero-order chi connectivity index (χ0) is 23.3. The van der Waals surface area contributed by atoms with Crippen molar-refractivity contribution in [1.82, 2.24) is 19.4 Å². The molecule has 1 N–H and O–H groups in total. The SMILES string of the molecule is CN1CCN(CCCCNC(=O)C2CCN(S(=O)(=O)c3ccc4c(c3)OCCO4)CC2)CC1. The molecule has 3 aliphatic heterocycles. The van der Waals surface area contributed by atoms with Gasteiger partial charge in [0.1, 0.15) is 13.2 Å². The first-order valence-electron chi connectivity index (χ1n) is 12.0. The first kappa shape index (κ1) is 24.3. The van der Waals surface area contributed by atoms with E-state index in [1.54, 1.807) is 12.1 Å². The summed E-state index contributed by atoms with van der Waals surface area (Å²) < 4.78 is 38.6. The number of benzene rings is 1. The zero-order valence-electron chi connectivity index (χ0n) is 19.5. The van der Waals surface area contributed by atoms with Crippen LogP contribution in [0.25, 0.3) is 0 Å². The van der Waals surface area contributed by atoms with Crippen LogP contribution in [0.1, 0.15) is 25.7 Å². The number of carbonyl (C=O) groups is 1. The van der Waals surface area contributed by atoms with Gasteiger partial charge in [-0.25, -0.2) is 8.42 Å². The number of fused-ring (bicyclic) bond motifs is 1. The highest BCUT2D eigenvalue weighted by atomic mass is 32.2. The van der Waals surface area contributed by atoms with E-state index in [-0.39, 0.29) is 16.7 Å². The summed E-state index contributed by atoms with van der Waals surface area (Å²) in [6.07, 6.45) is 3.12. The summed E-state index contributed by atoms with van der Waals surface area (Å²) in [6.45, 7) is 7.82. The second-order valence-corrected chi connectivity index (χ2v) is 11.1. The average Bonchev–Trinajstić information content (AvgIpc) is 2.84. The molecule has 0 unspecified atom stereocenters. The second kappa shape index (κ2) is 11.0. The lowest BCUT2D eigenvalue weighted by molar-refractivity contribution is -0.126. The van der Waals surface area contributed by atoms with Gasteiger partial charge in [0, 0.05) is 57.8 Å². The largest absolute Gasteiger partial charge is 0.486 e. The zero-order valence-corrected chi connectivity index (χ0v) is 20.3. The Morgan fingerprint density at radius 2 is 1.70 bits per heavy atom. The fraction of sp³-hybridized carbons (Fsp3) is 0.696. The molecule has 33 heavy (non-hydrogen) atoms. The maximum absolute atomic E-state index is 13.1. The van der Waals surface area contributed by atoms with Crippen molar-refractivity contribution >= 4 is 15.9 Å². The number of rotatable bonds is 8. The van der Waals surface area contributed by atoms with E-state index in [1.807, 2.05) is 0 Å². The van der Waals surface area contributed by atoms with Crippen LogP contribution in [0, 0.1) is 5.92 Å². The van der Waals surface area contributed by atoms with Crippen LogP contribution < -0.4 is 14.8 Å². The van der Waals surface area contributed by atoms with Crippen molar-refractivity contribution in [1.29, 1.82) is 0 Å². The lowest BCUT2D eigenvalue weighted by Gasteiger charge is -2.32. The summed E-state index contributed by atoms with van der Waals surface area (Å²) in [5.74, 6) is 0.948. The van der Waals surface area contributed by atoms with Gasteiger partial charge in [0.05, 0.1) is 4.90 Å². The van der Waals surface area contributed by atoms with E-state index >= 15 is 0 Å². The number of hydrogen-bond donors (Lipinski definition) is 1. The highest BCUT2D eigenvalue weighted by molar-refractivity contribution is 7.89. The molecule has 0 aromatic heterocycles. The third-order valence-corrected chi connectivity index (χ3v) is 8.67. The minimum Gasteiger partial charge on any atom is -0.486 e. The Labute approximate surface area is 197 Å². The number of piperidine rings is 1. The predicted molar refractivity (Wildman–Crippen MR) is 125 cm³/mol. The van der Waals surface area contributed by atoms with Crippen LogP contribution in [0.15, 0.2) is 23.1 Å². The molecule has 0 atom stereocenters. The molecular formula is C23H36N4O5S. The van der Waals surface area contributed by atoms with Gasteiger partial charge in [0.25, 0.3) is 0 Å². The summed E-state index contributed by atoms with van der Waals surface area (Å²) in [5, 5.41) is 3.05. The van der Waals surface area contributed by atoms with Crippen molar-refractivity contribution in [3.63, 3.8) is 0 Å². The highest BCUT2D eigenvalue weighted by Gasteiger charge is 2.32. The minimum atomic E-state index is -3.62. The van der Waals surface area contributed by atoms with Crippen molar-refractivity contribution in [2.24, 2.45) is 5.92 Å². The molecule has 0 saturated carbocycles. The number of amides is 1. The van der Waals surface area contributed by atoms with Gasteiger partial charge in [-0.2, -0.15) is 4.31 Å².